The van der Waals surface area contributed by atoms with Crippen molar-refractivity contribution >= 4 is 7.32 Å². The predicted octanol–water partition coefficient (Wildman–Crippen LogP) is -3.41. The summed E-state index contributed by atoms with van der Waals surface area (Å²) in [6, 6.07) is 0. The van der Waals surface area contributed by atoms with Crippen LogP contribution in [-0.4, -0.2) is 30.7 Å². The molecule has 0 saturated heterocycles. The molecule has 0 saturated carbocycles. The molecule has 0 rings (SSSR count). The molecule has 9 heteroatoms. The molecule has 56 valence electrons. The van der Waals surface area contributed by atoms with Crippen molar-refractivity contribution in [2.24, 2.45) is 0 Å². The first-order valence-corrected chi connectivity index (χ1v) is 3.65. The first-order valence-electron chi connectivity index (χ1n) is 1.47. The molecule has 0 aromatic rings. The summed E-state index contributed by atoms with van der Waals surface area (Å²) in [6.07, 6.45) is 0. The standard InChI is InChI=1S/BH3O3.Cr.2H2O.2O/c2-1(3)4;;;;;/h2-4H;;2*1H2;;/q;+2;;;;/p-2. The van der Waals surface area contributed by atoms with E-state index in [-0.39, 0.29) is 0 Å². The molecule has 0 aromatic heterocycles. The molecule has 0 bridgehead atoms. The molecule has 0 aliphatic rings. The van der Waals surface area contributed by atoms with Crippen molar-refractivity contribution in [2.45, 2.75) is 0 Å². The van der Waals surface area contributed by atoms with Gasteiger partial charge in [-0.2, -0.15) is 0 Å². The van der Waals surface area contributed by atoms with Crippen LogP contribution < -0.4 is 0 Å². The molecule has 0 aromatic carbocycles. The SMILES string of the molecule is OB(O)O.[O]=[Cr](=[O])([OH])[OH]. The van der Waals surface area contributed by atoms with Gasteiger partial charge < -0.3 is 15.1 Å². The van der Waals surface area contributed by atoms with Crippen LogP contribution in [0.1, 0.15) is 0 Å². The van der Waals surface area contributed by atoms with Crippen LogP contribution in [-0.2, 0) is 21.2 Å². The first kappa shape index (κ1) is 11.8. The van der Waals surface area contributed by atoms with E-state index in [1.165, 1.54) is 0 Å². The molecule has 0 radical (unpaired) electrons. The summed E-state index contributed by atoms with van der Waals surface area (Å²) in [7, 11) is -2.17. The van der Waals surface area contributed by atoms with E-state index < -0.39 is 20.9 Å². The zero-order valence-corrected chi connectivity index (χ0v) is 5.31. The van der Waals surface area contributed by atoms with Crippen molar-refractivity contribution in [2.75, 3.05) is 0 Å². The van der Waals surface area contributed by atoms with E-state index >= 15 is 0 Å². The zero-order chi connectivity index (χ0) is 8.08. The Morgan fingerprint density at radius 2 is 1.00 bits per heavy atom. The van der Waals surface area contributed by atoms with Crippen LogP contribution >= 0.6 is 0 Å². The van der Waals surface area contributed by atoms with Gasteiger partial charge in [-0.05, 0) is 0 Å². The number of hydrogen-bond acceptors (Lipinski definition) is 5. The second-order valence-corrected chi connectivity index (χ2v) is 2.19. The third-order valence-corrected chi connectivity index (χ3v) is 0. The summed E-state index contributed by atoms with van der Waals surface area (Å²) in [6.45, 7) is 0. The number of hydrogen-bond donors (Lipinski definition) is 5. The van der Waals surface area contributed by atoms with E-state index in [1.54, 1.807) is 0 Å². The Morgan fingerprint density at radius 1 is 1.00 bits per heavy atom. The van der Waals surface area contributed by atoms with Crippen molar-refractivity contribution in [3.63, 3.8) is 0 Å². The van der Waals surface area contributed by atoms with Gasteiger partial charge in [-0.3, -0.25) is 0 Å². The van der Waals surface area contributed by atoms with Crippen LogP contribution in [0.2, 0.25) is 0 Å². The minimum atomic E-state index is -5.25. The first-order chi connectivity index (χ1) is 3.73. The van der Waals surface area contributed by atoms with Crippen molar-refractivity contribution in [1.29, 1.82) is 0 Å². The van der Waals surface area contributed by atoms with Crippen LogP contribution in [0.5, 0.6) is 0 Å². The summed E-state index contributed by atoms with van der Waals surface area (Å²) >= 11 is -5.25. The molecule has 0 aliphatic heterocycles. The van der Waals surface area contributed by atoms with Gasteiger partial charge in [0.2, 0.25) is 0 Å². The second-order valence-electron chi connectivity index (χ2n) is 0.794. The number of rotatable bonds is 0. The van der Waals surface area contributed by atoms with Crippen LogP contribution in [0.4, 0.5) is 0 Å². The summed E-state index contributed by atoms with van der Waals surface area (Å²) < 4.78 is 31.9. The van der Waals surface area contributed by atoms with E-state index in [1.807, 2.05) is 0 Å². The minimum absolute atomic E-state index is 2.17. The summed E-state index contributed by atoms with van der Waals surface area (Å²) in [5.74, 6) is 0. The fraction of sp³-hybridized carbons (Fsp3) is 0. The monoisotopic (exact) mass is 180 g/mol. The van der Waals surface area contributed by atoms with Gasteiger partial charge in [-0.1, -0.05) is 0 Å². The molecule has 0 fully saturated rings. The summed E-state index contributed by atoms with van der Waals surface area (Å²) in [4.78, 5) is 0. The van der Waals surface area contributed by atoms with Gasteiger partial charge >= 0.3 is 36.9 Å². The Kier molecular flexibility index (Phi) is 6.32. The van der Waals surface area contributed by atoms with Gasteiger partial charge in [0, 0.05) is 0 Å². The van der Waals surface area contributed by atoms with Crippen molar-refractivity contribution in [3.8, 4) is 0 Å². The Balaban J connectivity index is 0. The Bertz CT molecular complexity index is 120. The summed E-state index contributed by atoms with van der Waals surface area (Å²) in [5.41, 5.74) is 0. The fourth-order valence-electron chi connectivity index (χ4n) is 0. The molecule has 0 heterocycles. The summed E-state index contributed by atoms with van der Waals surface area (Å²) in [5, 5.41) is 21.5. The molecular weight excluding hydrogens is 175 g/mol. The predicted molar refractivity (Wildman–Crippen MR) is 18.2 cm³/mol. The van der Waals surface area contributed by atoms with Gasteiger partial charge in [-0.15, -0.1) is 0 Å². The average Bonchev–Trinajstić information content (AvgIpc) is 1.19. The van der Waals surface area contributed by atoms with Gasteiger partial charge in [0.05, 0.1) is 0 Å². The van der Waals surface area contributed by atoms with E-state index in [2.05, 4.69) is 0 Å². The Morgan fingerprint density at radius 3 is 1.00 bits per heavy atom. The molecule has 0 atom stereocenters. The van der Waals surface area contributed by atoms with Gasteiger partial charge in [0.15, 0.2) is 0 Å². The average molecular weight is 180 g/mol. The maximum atomic E-state index is 8.82. The third kappa shape index (κ3) is 42600000. The Labute approximate surface area is 52.8 Å². The van der Waals surface area contributed by atoms with Gasteiger partial charge in [0.1, 0.15) is 0 Å². The quantitative estimate of drug-likeness (QED) is 0.245. The van der Waals surface area contributed by atoms with Crippen LogP contribution in [0.25, 0.3) is 0 Å². The van der Waals surface area contributed by atoms with Crippen LogP contribution in [0.15, 0.2) is 0 Å². The Hall–Kier alpha value is -0.00260. The van der Waals surface area contributed by atoms with Crippen molar-refractivity contribution < 1.29 is 44.6 Å². The van der Waals surface area contributed by atoms with Crippen molar-refractivity contribution in [1.82, 2.24) is 0 Å². The molecule has 0 amide bonds. The molecule has 0 unspecified atom stereocenters. The normalized spacial score (nSPS) is 9.44. The second kappa shape index (κ2) is 4.84. The zero-order valence-electron chi connectivity index (χ0n) is 4.04. The van der Waals surface area contributed by atoms with E-state index in [9.17, 15) is 0 Å². The molecule has 9 heavy (non-hydrogen) atoms. The van der Waals surface area contributed by atoms with E-state index in [0.717, 1.165) is 0 Å². The maximum absolute atomic E-state index is 8.82. The third-order valence-electron chi connectivity index (χ3n) is 0. The molecule has 0 spiro atoms. The van der Waals surface area contributed by atoms with E-state index in [4.69, 9.17) is 31.0 Å². The molecule has 5 N–H and O–H groups in total. The molecule has 7 nitrogen and oxygen atoms in total. The van der Waals surface area contributed by atoms with E-state index in [0.29, 0.717) is 0 Å². The molecular formula is H5BCrO7. The van der Waals surface area contributed by atoms with Crippen LogP contribution in [0, 0.1) is 0 Å². The molecule has 0 aliphatic carbocycles. The van der Waals surface area contributed by atoms with Gasteiger partial charge in [-0.25, -0.2) is 0 Å². The van der Waals surface area contributed by atoms with Crippen LogP contribution in [0.3, 0.4) is 0 Å². The fourth-order valence-corrected chi connectivity index (χ4v) is 0. The van der Waals surface area contributed by atoms with Crippen molar-refractivity contribution in [3.05, 3.63) is 0 Å². The topological polar surface area (TPSA) is 135 Å². The van der Waals surface area contributed by atoms with Gasteiger partial charge in [0.25, 0.3) is 0 Å².